The van der Waals surface area contributed by atoms with E-state index in [2.05, 4.69) is 50.8 Å². The van der Waals surface area contributed by atoms with Crippen molar-refractivity contribution in [2.24, 2.45) is 0 Å². The molecule has 1 atom stereocenters. The molecule has 0 aliphatic rings. The summed E-state index contributed by atoms with van der Waals surface area (Å²) in [5.74, 6) is 1.02. The van der Waals surface area contributed by atoms with Gasteiger partial charge in [0.15, 0.2) is 0 Å². The highest BCUT2D eigenvalue weighted by Gasteiger charge is 2.11. The van der Waals surface area contributed by atoms with Gasteiger partial charge in [-0.2, -0.15) is 0 Å². The quantitative estimate of drug-likeness (QED) is 0.706. The predicted molar refractivity (Wildman–Crippen MR) is 92.3 cm³/mol. The van der Waals surface area contributed by atoms with Crippen LogP contribution >= 0.6 is 11.8 Å². The molecule has 0 radical (unpaired) electrons. The van der Waals surface area contributed by atoms with Crippen molar-refractivity contribution in [3.63, 3.8) is 0 Å². The first-order chi connectivity index (χ1) is 11.1. The summed E-state index contributed by atoms with van der Waals surface area (Å²) in [6.07, 6.45) is 0. The Morgan fingerprint density at radius 1 is 1.26 bits per heavy atom. The molecule has 1 heterocycles. The molecule has 118 valence electrons. The Kier molecular flexibility index (Phi) is 4.62. The summed E-state index contributed by atoms with van der Waals surface area (Å²) < 4.78 is 0. The smallest absolute Gasteiger partial charge is 0.230 e. The zero-order valence-corrected chi connectivity index (χ0v) is 13.9. The van der Waals surface area contributed by atoms with Crippen LogP contribution in [0.2, 0.25) is 0 Å². The standard InChI is InChI=1S/C17H18N4OS/c1-11(14-8-7-13-5-3-4-6-15(13)9-14)18-16(22)10-23-17-19-12(2)20-21-17/h3-9,11H,10H2,1-2H3,(H,18,22)(H,19,20,21). The zero-order valence-electron chi connectivity index (χ0n) is 13.0. The van der Waals surface area contributed by atoms with Gasteiger partial charge in [-0.05, 0) is 36.2 Å². The number of H-pyrrole nitrogens is 1. The number of nitrogens with one attached hydrogen (secondary N) is 2. The van der Waals surface area contributed by atoms with E-state index in [4.69, 9.17) is 0 Å². The van der Waals surface area contributed by atoms with Gasteiger partial charge in [0.25, 0.3) is 0 Å². The van der Waals surface area contributed by atoms with Crippen LogP contribution in [0.25, 0.3) is 10.8 Å². The normalized spacial score (nSPS) is 12.3. The summed E-state index contributed by atoms with van der Waals surface area (Å²) in [5.41, 5.74) is 1.09. The van der Waals surface area contributed by atoms with Crippen molar-refractivity contribution in [3.8, 4) is 0 Å². The highest BCUT2D eigenvalue weighted by Crippen LogP contribution is 2.20. The number of benzene rings is 2. The number of amides is 1. The fraction of sp³-hybridized carbons (Fsp3) is 0.235. The first-order valence-electron chi connectivity index (χ1n) is 7.41. The fourth-order valence-corrected chi connectivity index (χ4v) is 3.02. The van der Waals surface area contributed by atoms with E-state index >= 15 is 0 Å². The van der Waals surface area contributed by atoms with Crippen molar-refractivity contribution in [1.82, 2.24) is 20.5 Å². The number of thioether (sulfide) groups is 1. The molecule has 5 nitrogen and oxygen atoms in total. The van der Waals surface area contributed by atoms with Crippen LogP contribution in [0.4, 0.5) is 0 Å². The SMILES string of the molecule is Cc1nc(SCC(=O)NC(C)c2ccc3ccccc3c2)n[nH]1. The minimum Gasteiger partial charge on any atom is -0.349 e. The van der Waals surface area contributed by atoms with Gasteiger partial charge in [-0.25, -0.2) is 4.98 Å². The molecule has 1 aromatic heterocycles. The fourth-order valence-electron chi connectivity index (χ4n) is 2.36. The molecule has 0 spiro atoms. The molecule has 1 unspecified atom stereocenters. The Morgan fingerprint density at radius 3 is 2.78 bits per heavy atom. The number of aromatic amines is 1. The lowest BCUT2D eigenvalue weighted by Crippen LogP contribution is -2.28. The maximum atomic E-state index is 12.1. The highest BCUT2D eigenvalue weighted by molar-refractivity contribution is 7.99. The predicted octanol–water partition coefficient (Wildman–Crippen LogP) is 3.24. The van der Waals surface area contributed by atoms with Gasteiger partial charge in [0.05, 0.1) is 11.8 Å². The van der Waals surface area contributed by atoms with Crippen molar-refractivity contribution in [2.75, 3.05) is 5.75 Å². The number of carbonyl (C=O) groups is 1. The maximum absolute atomic E-state index is 12.1. The van der Waals surface area contributed by atoms with Gasteiger partial charge < -0.3 is 5.32 Å². The Hall–Kier alpha value is -2.34. The summed E-state index contributed by atoms with van der Waals surface area (Å²) in [6, 6.07) is 14.4. The second kappa shape index (κ2) is 6.83. The van der Waals surface area contributed by atoms with E-state index in [9.17, 15) is 4.79 Å². The number of rotatable bonds is 5. The van der Waals surface area contributed by atoms with Crippen LogP contribution in [0.3, 0.4) is 0 Å². The van der Waals surface area contributed by atoms with Crippen LogP contribution in [0.15, 0.2) is 47.6 Å². The number of nitrogens with zero attached hydrogens (tertiary/aromatic N) is 2. The number of hydrogen-bond donors (Lipinski definition) is 2. The molecule has 0 saturated heterocycles. The number of fused-ring (bicyclic) bond motifs is 1. The minimum absolute atomic E-state index is 0.0295. The van der Waals surface area contributed by atoms with E-state index in [0.29, 0.717) is 10.9 Å². The molecule has 1 amide bonds. The first kappa shape index (κ1) is 15.6. The molecule has 23 heavy (non-hydrogen) atoms. The summed E-state index contributed by atoms with van der Waals surface area (Å²) in [6.45, 7) is 3.82. The maximum Gasteiger partial charge on any atom is 0.230 e. The average Bonchev–Trinajstić information content (AvgIpc) is 2.98. The van der Waals surface area contributed by atoms with E-state index in [1.54, 1.807) is 0 Å². The number of carbonyl (C=O) groups excluding carboxylic acids is 1. The van der Waals surface area contributed by atoms with Crippen LogP contribution < -0.4 is 5.32 Å². The topological polar surface area (TPSA) is 70.7 Å². The third-order valence-corrected chi connectivity index (χ3v) is 4.41. The van der Waals surface area contributed by atoms with Gasteiger partial charge in [0.2, 0.25) is 11.1 Å². The van der Waals surface area contributed by atoms with Gasteiger partial charge in [0, 0.05) is 0 Å². The molecule has 0 fully saturated rings. The number of aryl methyl sites for hydroxylation is 1. The minimum atomic E-state index is -0.0402. The monoisotopic (exact) mass is 326 g/mol. The van der Waals surface area contributed by atoms with Crippen molar-refractivity contribution in [1.29, 1.82) is 0 Å². The largest absolute Gasteiger partial charge is 0.349 e. The van der Waals surface area contributed by atoms with E-state index in [0.717, 1.165) is 11.4 Å². The van der Waals surface area contributed by atoms with Gasteiger partial charge in [-0.1, -0.05) is 48.2 Å². The van der Waals surface area contributed by atoms with Crippen molar-refractivity contribution < 1.29 is 4.79 Å². The lowest BCUT2D eigenvalue weighted by atomic mass is 10.0. The second-order valence-electron chi connectivity index (χ2n) is 5.39. The van der Waals surface area contributed by atoms with Crippen LogP contribution in [0.5, 0.6) is 0 Å². The van der Waals surface area contributed by atoms with E-state index in [1.807, 2.05) is 26.0 Å². The Bertz CT molecular complexity index is 830. The Labute approximate surface area is 138 Å². The van der Waals surface area contributed by atoms with Gasteiger partial charge in [-0.15, -0.1) is 5.10 Å². The zero-order chi connectivity index (χ0) is 16.2. The van der Waals surface area contributed by atoms with E-state index in [1.165, 1.54) is 22.5 Å². The third-order valence-electron chi connectivity index (χ3n) is 3.56. The molecule has 3 rings (SSSR count). The number of hydrogen-bond acceptors (Lipinski definition) is 4. The van der Waals surface area contributed by atoms with Crippen LogP contribution in [-0.4, -0.2) is 26.8 Å². The Morgan fingerprint density at radius 2 is 2.04 bits per heavy atom. The van der Waals surface area contributed by atoms with Crippen LogP contribution in [0.1, 0.15) is 24.4 Å². The molecule has 0 saturated carbocycles. The van der Waals surface area contributed by atoms with Gasteiger partial charge in [-0.3, -0.25) is 9.89 Å². The third kappa shape index (κ3) is 3.90. The number of aromatic nitrogens is 3. The molecule has 3 aromatic rings. The molecular weight excluding hydrogens is 308 g/mol. The molecule has 0 bridgehead atoms. The lowest BCUT2D eigenvalue weighted by Gasteiger charge is -2.14. The van der Waals surface area contributed by atoms with E-state index in [-0.39, 0.29) is 11.9 Å². The summed E-state index contributed by atoms with van der Waals surface area (Å²) in [4.78, 5) is 16.2. The summed E-state index contributed by atoms with van der Waals surface area (Å²) in [7, 11) is 0. The average molecular weight is 326 g/mol. The molecular formula is C17H18N4OS. The highest BCUT2D eigenvalue weighted by atomic mass is 32.2. The van der Waals surface area contributed by atoms with Crippen LogP contribution in [0, 0.1) is 6.92 Å². The molecule has 2 N–H and O–H groups in total. The lowest BCUT2D eigenvalue weighted by molar-refractivity contribution is -0.119. The van der Waals surface area contributed by atoms with Crippen molar-refractivity contribution in [3.05, 3.63) is 53.9 Å². The van der Waals surface area contributed by atoms with Gasteiger partial charge in [0.1, 0.15) is 5.82 Å². The van der Waals surface area contributed by atoms with Crippen molar-refractivity contribution >= 4 is 28.4 Å². The summed E-state index contributed by atoms with van der Waals surface area (Å²) in [5, 5.41) is 12.8. The summed E-state index contributed by atoms with van der Waals surface area (Å²) >= 11 is 1.32. The van der Waals surface area contributed by atoms with Crippen molar-refractivity contribution in [2.45, 2.75) is 25.0 Å². The second-order valence-corrected chi connectivity index (χ2v) is 6.33. The van der Waals surface area contributed by atoms with Gasteiger partial charge >= 0.3 is 0 Å². The van der Waals surface area contributed by atoms with E-state index < -0.39 is 0 Å². The molecule has 0 aliphatic heterocycles. The van der Waals surface area contributed by atoms with Crippen LogP contribution in [-0.2, 0) is 4.79 Å². The molecule has 6 heteroatoms. The molecule has 2 aromatic carbocycles. The Balaban J connectivity index is 1.60. The first-order valence-corrected chi connectivity index (χ1v) is 8.40. The molecule has 0 aliphatic carbocycles.